The van der Waals surface area contributed by atoms with E-state index < -0.39 is 11.4 Å². The van der Waals surface area contributed by atoms with E-state index in [0.29, 0.717) is 28.1 Å². The Bertz CT molecular complexity index is 855. The molecule has 2 nitrogen and oxygen atoms in total. The molecule has 5 rings (SSSR count). The molecule has 8 atom stereocenters. The number of aliphatic carboxylic acids is 1. The minimum Gasteiger partial charge on any atom is -0.481 e. The van der Waals surface area contributed by atoms with Gasteiger partial charge >= 0.3 is 5.97 Å². The lowest BCUT2D eigenvalue weighted by Crippen LogP contribution is -2.62. The first-order valence-corrected chi connectivity index (χ1v) is 13.7. The van der Waals surface area contributed by atoms with Crippen LogP contribution in [0.1, 0.15) is 119 Å². The van der Waals surface area contributed by atoms with Gasteiger partial charge < -0.3 is 5.11 Å². The van der Waals surface area contributed by atoms with E-state index in [1.807, 2.05) is 0 Å². The molecule has 4 saturated carbocycles. The third-order valence-electron chi connectivity index (χ3n) is 12.7. The Hall–Kier alpha value is -0.790. The van der Waals surface area contributed by atoms with Crippen molar-refractivity contribution in [2.75, 3.05) is 0 Å². The summed E-state index contributed by atoms with van der Waals surface area (Å²) in [5.74, 6) is 1.20. The smallest absolute Gasteiger partial charge is 0.309 e. The number of carbonyl (C=O) groups is 1. The van der Waals surface area contributed by atoms with Gasteiger partial charge in [-0.2, -0.15) is 0 Å². The van der Waals surface area contributed by atoms with Crippen LogP contribution in [0.2, 0.25) is 0 Å². The number of rotatable bonds is 1. The summed E-state index contributed by atoms with van der Waals surface area (Å²) in [5.41, 5.74) is 2.91. The largest absolute Gasteiger partial charge is 0.481 e. The van der Waals surface area contributed by atoms with Crippen LogP contribution in [0.5, 0.6) is 0 Å². The van der Waals surface area contributed by atoms with Crippen molar-refractivity contribution in [1.82, 2.24) is 0 Å². The number of fused-ring (bicyclic) bond motifs is 7. The molecule has 0 aromatic carbocycles. The van der Waals surface area contributed by atoms with Crippen LogP contribution in [0, 0.1) is 50.2 Å². The molecule has 0 bridgehead atoms. The minimum absolute atomic E-state index is 0.160. The summed E-state index contributed by atoms with van der Waals surface area (Å²) >= 11 is 0. The molecule has 4 fully saturated rings. The van der Waals surface area contributed by atoms with Crippen LogP contribution < -0.4 is 0 Å². The summed E-state index contributed by atoms with van der Waals surface area (Å²) in [6, 6.07) is 0. The van der Waals surface area contributed by atoms with E-state index in [2.05, 4.69) is 54.5 Å². The molecule has 0 aromatic heterocycles. The molecule has 0 amide bonds. The summed E-state index contributed by atoms with van der Waals surface area (Å²) in [6.45, 7) is 17.4. The van der Waals surface area contributed by atoms with E-state index in [-0.39, 0.29) is 10.8 Å². The lowest BCUT2D eigenvalue weighted by atomic mass is 9.35. The Morgan fingerprint density at radius 1 is 0.812 bits per heavy atom. The highest BCUT2D eigenvalue weighted by Crippen LogP contribution is 2.75. The minimum atomic E-state index is -0.547. The number of allylic oxidation sites excluding steroid dienone is 2. The van der Waals surface area contributed by atoms with Gasteiger partial charge in [-0.15, -0.1) is 0 Å². The maximum Gasteiger partial charge on any atom is 0.309 e. The molecule has 180 valence electrons. The van der Waals surface area contributed by atoms with Crippen LogP contribution in [-0.4, -0.2) is 11.1 Å². The van der Waals surface area contributed by atoms with Crippen molar-refractivity contribution in [1.29, 1.82) is 0 Å². The van der Waals surface area contributed by atoms with Crippen molar-refractivity contribution in [2.45, 2.75) is 119 Å². The lowest BCUT2D eigenvalue weighted by Gasteiger charge is -2.69. The molecule has 2 heteroatoms. The summed E-state index contributed by atoms with van der Waals surface area (Å²) < 4.78 is 0. The average Bonchev–Trinajstić information content (AvgIpc) is 2.68. The van der Waals surface area contributed by atoms with Gasteiger partial charge in [-0.3, -0.25) is 4.79 Å². The Morgan fingerprint density at radius 3 is 2.09 bits per heavy atom. The first kappa shape index (κ1) is 23.0. The van der Waals surface area contributed by atoms with Crippen molar-refractivity contribution < 1.29 is 9.90 Å². The van der Waals surface area contributed by atoms with Crippen LogP contribution in [0.3, 0.4) is 0 Å². The Morgan fingerprint density at radius 2 is 1.44 bits per heavy atom. The van der Waals surface area contributed by atoms with Crippen molar-refractivity contribution in [3.05, 3.63) is 11.6 Å². The highest BCUT2D eigenvalue weighted by molar-refractivity contribution is 5.75. The highest BCUT2D eigenvalue weighted by atomic mass is 16.4. The van der Waals surface area contributed by atoms with Gasteiger partial charge in [-0.05, 0) is 116 Å². The molecule has 5 aliphatic carbocycles. The topological polar surface area (TPSA) is 37.3 Å². The van der Waals surface area contributed by atoms with E-state index in [1.54, 1.807) is 5.57 Å². The fourth-order valence-electron chi connectivity index (χ4n) is 10.9. The van der Waals surface area contributed by atoms with E-state index in [9.17, 15) is 9.90 Å². The van der Waals surface area contributed by atoms with Crippen LogP contribution >= 0.6 is 0 Å². The molecular formula is C30H48O2. The summed E-state index contributed by atoms with van der Waals surface area (Å²) in [7, 11) is 0. The van der Waals surface area contributed by atoms with Crippen LogP contribution in [0.25, 0.3) is 0 Å². The molecule has 0 aromatic rings. The number of hydrogen-bond acceptors (Lipinski definition) is 1. The third kappa shape index (κ3) is 2.79. The normalized spacial score (nSPS) is 54.3. The second-order valence-corrected chi connectivity index (χ2v) is 15.0. The second-order valence-electron chi connectivity index (χ2n) is 15.0. The second kappa shape index (κ2) is 6.66. The maximum atomic E-state index is 12.4. The number of carboxylic acids is 1. The molecule has 32 heavy (non-hydrogen) atoms. The van der Waals surface area contributed by atoms with Gasteiger partial charge in [-0.1, -0.05) is 59.6 Å². The zero-order valence-corrected chi connectivity index (χ0v) is 21.9. The SMILES string of the molecule is CC1(C)CCC2(C)CC=C3C(C)(CCC4C3(C)CCC3C(C)(C(=O)O)CCCC34C)C2C1. The predicted molar refractivity (Wildman–Crippen MR) is 131 cm³/mol. The van der Waals surface area contributed by atoms with Gasteiger partial charge in [0.15, 0.2) is 0 Å². The van der Waals surface area contributed by atoms with Crippen LogP contribution in [0.15, 0.2) is 11.6 Å². The molecule has 0 saturated heterocycles. The highest BCUT2D eigenvalue weighted by Gasteiger charge is 2.67. The number of hydrogen-bond donors (Lipinski definition) is 1. The van der Waals surface area contributed by atoms with Gasteiger partial charge in [0.2, 0.25) is 0 Å². The Balaban J connectivity index is 1.56. The summed E-state index contributed by atoms with van der Waals surface area (Å²) in [4.78, 5) is 12.4. The van der Waals surface area contributed by atoms with E-state index in [4.69, 9.17) is 0 Å². The van der Waals surface area contributed by atoms with E-state index in [1.165, 1.54) is 51.4 Å². The predicted octanol–water partition coefficient (Wildman–Crippen LogP) is 8.26. The maximum absolute atomic E-state index is 12.4. The fourth-order valence-corrected chi connectivity index (χ4v) is 10.9. The van der Waals surface area contributed by atoms with Gasteiger partial charge in [0, 0.05) is 0 Å². The Kier molecular flexibility index (Phi) is 4.78. The van der Waals surface area contributed by atoms with Crippen molar-refractivity contribution >= 4 is 5.97 Å². The third-order valence-corrected chi connectivity index (χ3v) is 12.7. The van der Waals surface area contributed by atoms with E-state index >= 15 is 0 Å². The van der Waals surface area contributed by atoms with Gasteiger partial charge in [0.05, 0.1) is 5.41 Å². The van der Waals surface area contributed by atoms with Gasteiger partial charge in [0.25, 0.3) is 0 Å². The summed E-state index contributed by atoms with van der Waals surface area (Å²) in [5, 5.41) is 10.2. The van der Waals surface area contributed by atoms with Gasteiger partial charge in [0.1, 0.15) is 0 Å². The molecule has 5 aliphatic rings. The Labute approximate surface area is 197 Å². The molecule has 0 heterocycles. The first-order chi connectivity index (χ1) is 14.7. The average molecular weight is 441 g/mol. The fraction of sp³-hybridized carbons (Fsp3) is 0.900. The molecule has 0 radical (unpaired) electrons. The molecular weight excluding hydrogens is 392 g/mol. The lowest BCUT2D eigenvalue weighted by molar-refractivity contribution is -0.183. The van der Waals surface area contributed by atoms with Crippen LogP contribution in [0.4, 0.5) is 0 Å². The van der Waals surface area contributed by atoms with Gasteiger partial charge in [-0.25, -0.2) is 0 Å². The van der Waals surface area contributed by atoms with Crippen molar-refractivity contribution in [3.8, 4) is 0 Å². The van der Waals surface area contributed by atoms with E-state index in [0.717, 1.165) is 25.2 Å². The molecule has 0 spiro atoms. The molecule has 8 unspecified atom stereocenters. The molecule has 1 N–H and O–H groups in total. The quantitative estimate of drug-likeness (QED) is 0.417. The van der Waals surface area contributed by atoms with Crippen molar-refractivity contribution in [2.24, 2.45) is 50.2 Å². The van der Waals surface area contributed by atoms with Crippen LogP contribution in [-0.2, 0) is 4.79 Å². The zero-order valence-electron chi connectivity index (χ0n) is 21.9. The summed E-state index contributed by atoms with van der Waals surface area (Å²) in [6.07, 6.45) is 16.1. The zero-order chi connectivity index (χ0) is 23.4. The van der Waals surface area contributed by atoms with Crippen molar-refractivity contribution in [3.63, 3.8) is 0 Å². The first-order valence-electron chi connectivity index (χ1n) is 13.7. The standard InChI is InChI=1S/C30H48O2/c1-25(2)17-18-26(3)14-9-20-28(5)15-11-22-27(4,12-8-13-30(22,7)24(31)32)21(28)10-16-29(20,6)23(26)19-25/h9,21-23H,8,10-19H2,1-7H3,(H,31,32). The molecule has 0 aliphatic heterocycles. The monoisotopic (exact) mass is 440 g/mol. The number of carboxylic acid groups (broad SMARTS) is 1.